The van der Waals surface area contributed by atoms with E-state index >= 15 is 0 Å². The van der Waals surface area contributed by atoms with Crippen LogP contribution in [0.5, 0.6) is 0 Å². The molecule has 2 heterocycles. The molecule has 39 heavy (non-hydrogen) atoms. The van der Waals surface area contributed by atoms with Crippen LogP contribution in [0, 0.1) is 0 Å². The Morgan fingerprint density at radius 1 is 0.410 bits per heavy atom. The SMILES string of the molecule is c1ccc(-c2nc(-c3ccccc3)nc(-c3ccc4c(ccc5ccc6c7ccccc7[se]c6c54)c3)n2)cc1. The Hall–Kier alpha value is -4.63. The van der Waals surface area contributed by atoms with Gasteiger partial charge in [-0.15, -0.1) is 0 Å². The fourth-order valence-electron chi connectivity index (χ4n) is 5.41. The van der Waals surface area contributed by atoms with Crippen molar-refractivity contribution >= 4 is 55.3 Å². The zero-order chi connectivity index (χ0) is 25.8. The number of fused-ring (bicyclic) bond motifs is 7. The molecule has 182 valence electrons. The number of rotatable bonds is 3. The summed E-state index contributed by atoms with van der Waals surface area (Å²) in [6, 6.07) is 44.7. The minimum absolute atomic E-state index is 0.293. The van der Waals surface area contributed by atoms with Crippen LogP contribution in [0.1, 0.15) is 0 Å². The van der Waals surface area contributed by atoms with Gasteiger partial charge in [-0.2, -0.15) is 0 Å². The van der Waals surface area contributed by atoms with Gasteiger partial charge in [0.05, 0.1) is 0 Å². The molecule has 0 fully saturated rings. The molecule has 3 nitrogen and oxygen atoms in total. The first-order chi connectivity index (χ1) is 19.3. The summed E-state index contributed by atoms with van der Waals surface area (Å²) in [4.78, 5) is 14.7. The Bertz CT molecular complexity index is 2110. The van der Waals surface area contributed by atoms with Crippen LogP contribution in [0.25, 0.3) is 75.0 Å². The number of hydrogen-bond donors (Lipinski definition) is 0. The van der Waals surface area contributed by atoms with Crippen LogP contribution in [-0.4, -0.2) is 29.5 Å². The van der Waals surface area contributed by atoms with Gasteiger partial charge in [0.15, 0.2) is 0 Å². The Morgan fingerprint density at radius 3 is 1.69 bits per heavy atom. The second-order valence-electron chi connectivity index (χ2n) is 9.68. The number of aromatic nitrogens is 3. The van der Waals surface area contributed by atoms with Crippen molar-refractivity contribution in [2.24, 2.45) is 0 Å². The predicted molar refractivity (Wildman–Crippen MR) is 163 cm³/mol. The van der Waals surface area contributed by atoms with E-state index < -0.39 is 0 Å². The topological polar surface area (TPSA) is 38.7 Å². The second kappa shape index (κ2) is 8.99. The van der Waals surface area contributed by atoms with Crippen molar-refractivity contribution in [1.82, 2.24) is 15.0 Å². The van der Waals surface area contributed by atoms with Crippen LogP contribution in [0.15, 0.2) is 127 Å². The fraction of sp³-hybridized carbons (Fsp3) is 0. The molecule has 0 aliphatic carbocycles. The predicted octanol–water partition coefficient (Wildman–Crippen LogP) is 8.54. The van der Waals surface area contributed by atoms with Gasteiger partial charge in [-0.1, -0.05) is 12.1 Å². The summed E-state index contributed by atoms with van der Waals surface area (Å²) in [5.41, 5.74) is 2.94. The van der Waals surface area contributed by atoms with Crippen LogP contribution >= 0.6 is 0 Å². The third kappa shape index (κ3) is 3.77. The van der Waals surface area contributed by atoms with E-state index in [0.717, 1.165) is 16.7 Å². The van der Waals surface area contributed by atoms with Crippen molar-refractivity contribution in [3.63, 3.8) is 0 Å². The summed E-state index contributed by atoms with van der Waals surface area (Å²) >= 11 is 0.293. The third-order valence-electron chi connectivity index (χ3n) is 7.30. The summed E-state index contributed by atoms with van der Waals surface area (Å²) in [5.74, 6) is 2.03. The van der Waals surface area contributed by atoms with Gasteiger partial charge in [0.25, 0.3) is 0 Å². The molecular weight excluding hydrogens is 541 g/mol. The standard InChI is InChI=1S/C35H21N3Se/c1-3-9-23(10-4-1)33-36-34(24-11-5-2-6-12-24)38-35(37-33)26-18-19-27-25(21-26)16-15-22-17-20-29-28-13-7-8-14-30(28)39-32(29)31(22)27/h1-21H. The molecule has 0 bridgehead atoms. The molecular formula is C35H21N3Se. The summed E-state index contributed by atoms with van der Waals surface area (Å²) in [5, 5.41) is 7.91. The Morgan fingerprint density at radius 2 is 0.974 bits per heavy atom. The van der Waals surface area contributed by atoms with Gasteiger partial charge < -0.3 is 0 Å². The van der Waals surface area contributed by atoms with Crippen LogP contribution < -0.4 is 0 Å². The van der Waals surface area contributed by atoms with Crippen LogP contribution in [0.3, 0.4) is 0 Å². The summed E-state index contributed by atoms with van der Waals surface area (Å²) < 4.78 is 2.95. The molecule has 0 saturated carbocycles. The van der Waals surface area contributed by atoms with Gasteiger partial charge >= 0.3 is 220 Å². The van der Waals surface area contributed by atoms with Gasteiger partial charge in [0.1, 0.15) is 0 Å². The number of nitrogens with zero attached hydrogens (tertiary/aromatic N) is 3. The zero-order valence-electron chi connectivity index (χ0n) is 20.9. The van der Waals surface area contributed by atoms with Gasteiger partial charge in [-0.3, -0.25) is 0 Å². The zero-order valence-corrected chi connectivity index (χ0v) is 22.6. The average molecular weight is 563 g/mol. The first-order valence-electron chi connectivity index (χ1n) is 13.0. The van der Waals surface area contributed by atoms with Gasteiger partial charge in [-0.25, -0.2) is 0 Å². The Labute approximate surface area is 231 Å². The van der Waals surface area contributed by atoms with E-state index in [-0.39, 0.29) is 0 Å². The normalized spacial score (nSPS) is 11.6. The van der Waals surface area contributed by atoms with E-state index in [1.54, 1.807) is 0 Å². The van der Waals surface area contributed by atoms with E-state index in [2.05, 4.69) is 66.7 Å². The summed E-state index contributed by atoms with van der Waals surface area (Å²) in [6.45, 7) is 0. The molecule has 0 aliphatic rings. The number of hydrogen-bond acceptors (Lipinski definition) is 3. The molecule has 8 aromatic rings. The minimum atomic E-state index is 0.293. The fourth-order valence-corrected chi connectivity index (χ4v) is 8.07. The van der Waals surface area contributed by atoms with E-state index in [4.69, 9.17) is 15.0 Å². The molecule has 6 aromatic carbocycles. The molecule has 0 radical (unpaired) electrons. The van der Waals surface area contributed by atoms with Crippen LogP contribution in [-0.2, 0) is 0 Å². The first kappa shape index (κ1) is 22.4. The molecule has 8 rings (SSSR count). The molecule has 0 spiro atoms. The van der Waals surface area contributed by atoms with E-state index in [0.29, 0.717) is 32.0 Å². The van der Waals surface area contributed by atoms with Gasteiger partial charge in [0.2, 0.25) is 0 Å². The third-order valence-corrected chi connectivity index (χ3v) is 9.83. The van der Waals surface area contributed by atoms with Crippen molar-refractivity contribution in [2.45, 2.75) is 0 Å². The molecule has 0 aliphatic heterocycles. The van der Waals surface area contributed by atoms with Crippen molar-refractivity contribution in [2.75, 3.05) is 0 Å². The molecule has 0 saturated heterocycles. The molecule has 2 aromatic heterocycles. The van der Waals surface area contributed by atoms with Gasteiger partial charge in [-0.05, 0) is 0 Å². The van der Waals surface area contributed by atoms with Crippen LogP contribution in [0.4, 0.5) is 0 Å². The Kier molecular flexibility index (Phi) is 5.15. The van der Waals surface area contributed by atoms with E-state index in [1.807, 2.05) is 60.7 Å². The first-order valence-corrected chi connectivity index (χ1v) is 14.7. The van der Waals surface area contributed by atoms with Crippen molar-refractivity contribution in [3.8, 4) is 34.2 Å². The Balaban J connectivity index is 1.35. The quantitative estimate of drug-likeness (QED) is 0.160. The van der Waals surface area contributed by atoms with Crippen LogP contribution in [0.2, 0.25) is 0 Å². The average Bonchev–Trinajstić information content (AvgIpc) is 3.40. The van der Waals surface area contributed by atoms with E-state index in [9.17, 15) is 0 Å². The van der Waals surface area contributed by atoms with Crippen molar-refractivity contribution < 1.29 is 0 Å². The van der Waals surface area contributed by atoms with Crippen molar-refractivity contribution in [1.29, 1.82) is 0 Å². The van der Waals surface area contributed by atoms with E-state index in [1.165, 1.54) is 40.8 Å². The second-order valence-corrected chi connectivity index (χ2v) is 11.9. The van der Waals surface area contributed by atoms with Crippen molar-refractivity contribution in [3.05, 3.63) is 127 Å². The summed E-state index contributed by atoms with van der Waals surface area (Å²) in [6.07, 6.45) is 0. The monoisotopic (exact) mass is 563 g/mol. The molecule has 4 heteroatoms. The maximum atomic E-state index is 4.93. The molecule has 0 N–H and O–H groups in total. The van der Waals surface area contributed by atoms with Gasteiger partial charge in [0, 0.05) is 0 Å². The molecule has 0 atom stereocenters. The summed E-state index contributed by atoms with van der Waals surface area (Å²) in [7, 11) is 0. The molecule has 0 amide bonds. The maximum absolute atomic E-state index is 4.93. The molecule has 0 unspecified atom stereocenters. The number of benzene rings is 6.